The van der Waals surface area contributed by atoms with Crippen LogP contribution in [0.25, 0.3) is 11.0 Å². The van der Waals surface area contributed by atoms with Gasteiger partial charge in [0.05, 0.1) is 12.7 Å². The lowest BCUT2D eigenvalue weighted by Gasteiger charge is -2.43. The lowest BCUT2D eigenvalue weighted by Crippen LogP contribution is -2.67. The summed E-state index contributed by atoms with van der Waals surface area (Å²) in [6, 6.07) is 27.1. The molecule has 34 heavy (non-hydrogen) atoms. The normalized spacial score (nSPS) is 21.2. The van der Waals surface area contributed by atoms with Crippen molar-refractivity contribution in [1.29, 1.82) is 0 Å². The smallest absolute Gasteiger partial charge is 0.261 e. The van der Waals surface area contributed by atoms with E-state index in [1.807, 2.05) is 41.1 Å². The van der Waals surface area contributed by atoms with Crippen LogP contribution in [-0.4, -0.2) is 41.8 Å². The highest BCUT2D eigenvalue weighted by molar-refractivity contribution is 6.99. The Morgan fingerprint density at radius 2 is 1.62 bits per heavy atom. The van der Waals surface area contributed by atoms with E-state index in [0.29, 0.717) is 13.0 Å². The van der Waals surface area contributed by atoms with Crippen LogP contribution < -0.4 is 10.4 Å². The number of rotatable bonds is 6. The maximum Gasteiger partial charge on any atom is 0.261 e. The molecular weight excluding hydrogens is 440 g/mol. The van der Waals surface area contributed by atoms with Crippen molar-refractivity contribution in [3.8, 4) is 0 Å². The van der Waals surface area contributed by atoms with Crippen molar-refractivity contribution in [2.45, 2.75) is 50.7 Å². The molecule has 0 saturated carbocycles. The Kier molecular flexibility index (Phi) is 6.16. The van der Waals surface area contributed by atoms with Gasteiger partial charge in [0.1, 0.15) is 18.0 Å². The number of nitrogens with zero attached hydrogens (tertiary/aromatic N) is 2. The molecule has 0 unspecified atom stereocenters. The number of pyridine rings is 1. The van der Waals surface area contributed by atoms with Gasteiger partial charge in [0.15, 0.2) is 0 Å². The number of benzene rings is 2. The van der Waals surface area contributed by atoms with Gasteiger partial charge < -0.3 is 18.8 Å². The van der Waals surface area contributed by atoms with Gasteiger partial charge in [0, 0.05) is 24.2 Å². The van der Waals surface area contributed by atoms with Gasteiger partial charge in [0.25, 0.3) is 8.32 Å². The zero-order valence-corrected chi connectivity index (χ0v) is 21.0. The molecule has 2 aromatic carbocycles. The summed E-state index contributed by atoms with van der Waals surface area (Å²) in [5, 5.41) is 14.3. The first-order valence-corrected chi connectivity index (χ1v) is 13.8. The van der Waals surface area contributed by atoms with Crippen molar-refractivity contribution in [3.63, 3.8) is 0 Å². The van der Waals surface area contributed by atoms with Crippen molar-refractivity contribution in [3.05, 3.63) is 91.3 Å². The predicted octanol–water partition coefficient (Wildman–Crippen LogP) is 4.26. The minimum Gasteiger partial charge on any atom is -0.405 e. The van der Waals surface area contributed by atoms with E-state index < -0.39 is 20.5 Å². The zero-order chi connectivity index (χ0) is 23.8. The van der Waals surface area contributed by atoms with E-state index in [1.165, 1.54) is 10.4 Å². The highest BCUT2D eigenvalue weighted by atomic mass is 28.4. The minimum absolute atomic E-state index is 0.126. The van der Waals surface area contributed by atoms with E-state index in [4.69, 9.17) is 9.16 Å². The van der Waals surface area contributed by atoms with Gasteiger partial charge in [0.2, 0.25) is 0 Å². The van der Waals surface area contributed by atoms with Crippen LogP contribution >= 0.6 is 0 Å². The van der Waals surface area contributed by atoms with E-state index in [-0.39, 0.29) is 11.3 Å². The maximum atomic E-state index is 10.9. The third-order valence-corrected chi connectivity index (χ3v) is 11.9. The molecule has 3 heterocycles. The molecule has 0 aliphatic carbocycles. The van der Waals surface area contributed by atoms with E-state index in [9.17, 15) is 5.11 Å². The molecule has 6 heteroatoms. The summed E-state index contributed by atoms with van der Waals surface area (Å²) in [6.45, 7) is 7.10. The SMILES string of the molecule is CC(C)(C)[Si](OC[C@H]1O[C@@H](n2ccc3cccnc32)C[C@@H]1O)(c1ccccc1)c1ccccc1. The highest BCUT2D eigenvalue weighted by Gasteiger charge is 2.51. The monoisotopic (exact) mass is 472 g/mol. The Labute approximate surface area is 202 Å². The molecule has 1 aliphatic rings. The Hall–Kier alpha value is -2.77. The first kappa shape index (κ1) is 23.0. The minimum atomic E-state index is -2.69. The van der Waals surface area contributed by atoms with Crippen molar-refractivity contribution in [2.24, 2.45) is 0 Å². The van der Waals surface area contributed by atoms with E-state index in [2.05, 4.69) is 74.3 Å². The fraction of sp³-hybridized carbons (Fsp3) is 0.321. The molecule has 0 bridgehead atoms. The molecule has 5 nitrogen and oxygen atoms in total. The quantitative estimate of drug-likeness (QED) is 0.426. The van der Waals surface area contributed by atoms with Crippen molar-refractivity contribution >= 4 is 29.7 Å². The average Bonchev–Trinajstić information content (AvgIpc) is 3.43. The molecule has 0 radical (unpaired) electrons. The number of hydrogen-bond donors (Lipinski definition) is 1. The molecule has 2 aromatic heterocycles. The summed E-state index contributed by atoms with van der Waals surface area (Å²) in [5.74, 6) is 0. The number of fused-ring (bicyclic) bond motifs is 1. The zero-order valence-electron chi connectivity index (χ0n) is 20.0. The second-order valence-electron chi connectivity index (χ2n) is 10.0. The van der Waals surface area contributed by atoms with E-state index >= 15 is 0 Å². The first-order chi connectivity index (χ1) is 16.4. The first-order valence-electron chi connectivity index (χ1n) is 11.9. The summed E-state index contributed by atoms with van der Waals surface area (Å²) >= 11 is 0. The maximum absolute atomic E-state index is 10.9. The van der Waals surface area contributed by atoms with Gasteiger partial charge in [-0.3, -0.25) is 0 Å². The Morgan fingerprint density at radius 3 is 2.24 bits per heavy atom. The molecule has 1 aliphatic heterocycles. The molecular formula is C28H32N2O3Si. The van der Waals surface area contributed by atoms with Crippen LogP contribution in [0.4, 0.5) is 0 Å². The van der Waals surface area contributed by atoms with Crippen LogP contribution in [0.5, 0.6) is 0 Å². The second kappa shape index (κ2) is 9.11. The summed E-state index contributed by atoms with van der Waals surface area (Å²) in [7, 11) is -2.69. The van der Waals surface area contributed by atoms with Gasteiger partial charge >= 0.3 is 0 Å². The lowest BCUT2D eigenvalue weighted by atomic mass is 10.2. The van der Waals surface area contributed by atoms with E-state index in [0.717, 1.165) is 11.0 Å². The third kappa shape index (κ3) is 4.01. The van der Waals surface area contributed by atoms with Gasteiger partial charge in [-0.15, -0.1) is 0 Å². The number of aliphatic hydroxyl groups excluding tert-OH is 1. The molecule has 5 rings (SSSR count). The van der Waals surface area contributed by atoms with Crippen LogP contribution in [-0.2, 0) is 9.16 Å². The molecule has 176 valence electrons. The van der Waals surface area contributed by atoms with Gasteiger partial charge in [-0.25, -0.2) is 4.98 Å². The number of aliphatic hydroxyl groups is 1. The van der Waals surface area contributed by atoms with Gasteiger partial charge in [-0.1, -0.05) is 81.4 Å². The van der Waals surface area contributed by atoms with Crippen molar-refractivity contribution in [1.82, 2.24) is 9.55 Å². The number of ether oxygens (including phenoxy) is 1. The summed E-state index contributed by atoms with van der Waals surface area (Å²) in [5.41, 5.74) is 0.869. The highest BCUT2D eigenvalue weighted by Crippen LogP contribution is 2.38. The fourth-order valence-electron chi connectivity index (χ4n) is 5.22. The molecule has 0 spiro atoms. The van der Waals surface area contributed by atoms with Crippen LogP contribution in [0.2, 0.25) is 5.04 Å². The Morgan fingerprint density at radius 1 is 0.971 bits per heavy atom. The van der Waals surface area contributed by atoms with Crippen LogP contribution in [0, 0.1) is 0 Å². The summed E-state index contributed by atoms with van der Waals surface area (Å²) in [4.78, 5) is 4.51. The third-order valence-electron chi connectivity index (χ3n) is 6.87. The predicted molar refractivity (Wildman–Crippen MR) is 138 cm³/mol. The molecule has 1 N–H and O–H groups in total. The number of hydrogen-bond acceptors (Lipinski definition) is 4. The van der Waals surface area contributed by atoms with Crippen LogP contribution in [0.3, 0.4) is 0 Å². The second-order valence-corrected chi connectivity index (χ2v) is 14.4. The van der Waals surface area contributed by atoms with E-state index in [1.54, 1.807) is 6.20 Å². The lowest BCUT2D eigenvalue weighted by molar-refractivity contribution is -0.0397. The fourth-order valence-corrected chi connectivity index (χ4v) is 9.79. The summed E-state index contributed by atoms with van der Waals surface area (Å²) in [6.07, 6.45) is 3.00. The molecule has 0 amide bonds. The largest absolute Gasteiger partial charge is 0.405 e. The summed E-state index contributed by atoms with van der Waals surface area (Å²) < 4.78 is 15.4. The van der Waals surface area contributed by atoms with Gasteiger partial charge in [-0.2, -0.15) is 0 Å². The topological polar surface area (TPSA) is 56.5 Å². The number of aromatic nitrogens is 2. The average molecular weight is 473 g/mol. The molecule has 3 atom stereocenters. The molecule has 4 aromatic rings. The Bertz CT molecular complexity index is 1200. The van der Waals surface area contributed by atoms with Crippen LogP contribution in [0.15, 0.2) is 91.3 Å². The Balaban J connectivity index is 1.45. The van der Waals surface area contributed by atoms with Gasteiger partial charge in [-0.05, 0) is 33.6 Å². The van der Waals surface area contributed by atoms with Crippen molar-refractivity contribution in [2.75, 3.05) is 6.61 Å². The standard InChI is InChI=1S/C28H32N2O3Si/c1-28(2,3)34(22-12-6-4-7-13-22,23-14-8-5-9-15-23)32-20-25-24(31)19-26(33-25)30-18-16-21-11-10-17-29-27(21)30/h4-18,24-26,31H,19-20H2,1-3H3/t24-,25+,26+/m0/s1. The van der Waals surface area contributed by atoms with Crippen LogP contribution in [0.1, 0.15) is 33.4 Å². The van der Waals surface area contributed by atoms with Crippen molar-refractivity contribution < 1.29 is 14.3 Å². The molecule has 1 saturated heterocycles. The molecule has 1 fully saturated rings.